The van der Waals surface area contributed by atoms with Crippen molar-refractivity contribution in [1.82, 2.24) is 0 Å². The Bertz CT molecular complexity index is 413. The third-order valence-electron chi connectivity index (χ3n) is 2.60. The zero-order chi connectivity index (χ0) is 11.4. The molecule has 0 unspecified atom stereocenters. The molecule has 1 saturated carbocycles. The Morgan fingerprint density at radius 1 is 1.38 bits per heavy atom. The van der Waals surface area contributed by atoms with Crippen LogP contribution in [0.5, 0.6) is 5.75 Å². The second kappa shape index (κ2) is 4.80. The number of carbonyl (C=O) groups is 1. The van der Waals surface area contributed by atoms with Crippen molar-refractivity contribution in [2.24, 2.45) is 5.92 Å². The predicted octanol–water partition coefficient (Wildman–Crippen LogP) is 2.57. The topological polar surface area (TPSA) is 50.1 Å². The highest BCUT2D eigenvalue weighted by atomic mass is 16.5. The van der Waals surface area contributed by atoms with Crippen LogP contribution in [-0.4, -0.2) is 12.4 Å². The number of hydrogen-bond donors (Lipinski definition) is 0. The molecule has 0 heterocycles. The number of ketones is 1. The van der Waals surface area contributed by atoms with Crippen molar-refractivity contribution in [2.75, 3.05) is 6.61 Å². The van der Waals surface area contributed by atoms with Crippen molar-refractivity contribution in [3.05, 3.63) is 29.8 Å². The zero-order valence-corrected chi connectivity index (χ0v) is 8.98. The Morgan fingerprint density at radius 2 is 2.06 bits per heavy atom. The van der Waals surface area contributed by atoms with Crippen LogP contribution in [0.2, 0.25) is 0 Å². The highest BCUT2D eigenvalue weighted by Crippen LogP contribution is 2.29. The van der Waals surface area contributed by atoms with Gasteiger partial charge in [0.05, 0.1) is 19.1 Å². The molecule has 1 aromatic carbocycles. The van der Waals surface area contributed by atoms with Gasteiger partial charge in [0.25, 0.3) is 0 Å². The summed E-state index contributed by atoms with van der Waals surface area (Å²) in [6.45, 7) is 0.769. The molecule has 0 spiro atoms. The quantitative estimate of drug-likeness (QED) is 0.709. The van der Waals surface area contributed by atoms with Gasteiger partial charge in [0.1, 0.15) is 5.75 Å². The van der Waals surface area contributed by atoms with Crippen LogP contribution in [0.4, 0.5) is 0 Å². The van der Waals surface area contributed by atoms with Crippen molar-refractivity contribution < 1.29 is 9.53 Å². The van der Waals surface area contributed by atoms with Crippen LogP contribution < -0.4 is 4.74 Å². The molecule has 0 atom stereocenters. The summed E-state index contributed by atoms with van der Waals surface area (Å²) in [5.41, 5.74) is 0.570. The van der Waals surface area contributed by atoms with E-state index in [9.17, 15) is 4.79 Å². The molecule has 0 saturated heterocycles. The molecular weight excluding hydrogens is 202 g/mol. The third kappa shape index (κ3) is 2.83. The van der Waals surface area contributed by atoms with Crippen LogP contribution in [0.25, 0.3) is 0 Å². The minimum Gasteiger partial charge on any atom is -0.493 e. The molecule has 3 heteroatoms. The predicted molar refractivity (Wildman–Crippen MR) is 59.2 cm³/mol. The molecule has 1 aliphatic rings. The highest BCUT2D eigenvalue weighted by Gasteiger charge is 2.21. The van der Waals surface area contributed by atoms with Gasteiger partial charge in [-0.2, -0.15) is 5.26 Å². The highest BCUT2D eigenvalue weighted by molar-refractivity contribution is 5.97. The fourth-order valence-corrected chi connectivity index (χ4v) is 1.41. The maximum atomic E-state index is 11.4. The van der Waals surface area contributed by atoms with Gasteiger partial charge >= 0.3 is 0 Å². The number of benzene rings is 1. The second-order valence-electron chi connectivity index (χ2n) is 4.04. The fraction of sp³-hybridized carbons (Fsp3) is 0.385. The van der Waals surface area contributed by atoms with Gasteiger partial charge in [-0.3, -0.25) is 4.79 Å². The van der Waals surface area contributed by atoms with Gasteiger partial charge in [-0.15, -0.1) is 0 Å². The van der Waals surface area contributed by atoms with Crippen molar-refractivity contribution >= 4 is 5.78 Å². The van der Waals surface area contributed by atoms with Crippen LogP contribution in [0.15, 0.2) is 24.3 Å². The number of rotatable bonds is 5. The molecule has 1 aliphatic carbocycles. The monoisotopic (exact) mass is 215 g/mol. The summed E-state index contributed by atoms with van der Waals surface area (Å²) < 4.78 is 5.55. The lowest BCUT2D eigenvalue weighted by Crippen LogP contribution is -2.00. The van der Waals surface area contributed by atoms with E-state index in [4.69, 9.17) is 10.00 Å². The Kier molecular flexibility index (Phi) is 3.21. The van der Waals surface area contributed by atoms with Gasteiger partial charge in [0.2, 0.25) is 0 Å². The van der Waals surface area contributed by atoms with Gasteiger partial charge in [0, 0.05) is 5.56 Å². The van der Waals surface area contributed by atoms with Crippen molar-refractivity contribution in [3.8, 4) is 11.8 Å². The first-order valence-electron chi connectivity index (χ1n) is 5.42. The average molecular weight is 215 g/mol. The van der Waals surface area contributed by atoms with Crippen LogP contribution in [0.3, 0.4) is 0 Å². The maximum absolute atomic E-state index is 11.4. The minimum absolute atomic E-state index is 0.0672. The molecule has 1 aromatic rings. The van der Waals surface area contributed by atoms with E-state index in [-0.39, 0.29) is 12.2 Å². The summed E-state index contributed by atoms with van der Waals surface area (Å²) in [5, 5.41) is 8.41. The van der Waals surface area contributed by atoms with Gasteiger partial charge in [-0.1, -0.05) is 0 Å². The van der Waals surface area contributed by atoms with E-state index in [0.29, 0.717) is 5.56 Å². The molecule has 2 rings (SSSR count). The Morgan fingerprint density at radius 3 is 2.62 bits per heavy atom. The lowest BCUT2D eigenvalue weighted by molar-refractivity contribution is 0.0997. The number of nitrogens with zero attached hydrogens (tertiary/aromatic N) is 1. The lowest BCUT2D eigenvalue weighted by Gasteiger charge is -2.05. The van der Waals surface area contributed by atoms with Gasteiger partial charge in [-0.05, 0) is 43.0 Å². The standard InChI is InChI=1S/C13H13NO2/c14-8-7-13(15)11-3-5-12(6-4-11)16-9-10-1-2-10/h3-6,10H,1-2,7,9H2. The normalized spacial score (nSPS) is 14.2. The number of carbonyl (C=O) groups excluding carboxylic acids is 1. The van der Waals surface area contributed by atoms with E-state index in [0.717, 1.165) is 18.3 Å². The summed E-state index contributed by atoms with van der Waals surface area (Å²) >= 11 is 0. The maximum Gasteiger partial charge on any atom is 0.176 e. The molecule has 82 valence electrons. The molecule has 3 nitrogen and oxygen atoms in total. The molecule has 0 aromatic heterocycles. The summed E-state index contributed by atoms with van der Waals surface area (Å²) in [6, 6.07) is 8.84. The first-order valence-corrected chi connectivity index (χ1v) is 5.42. The van der Waals surface area contributed by atoms with E-state index in [1.54, 1.807) is 24.3 Å². The van der Waals surface area contributed by atoms with Crippen LogP contribution >= 0.6 is 0 Å². The number of nitriles is 1. The molecular formula is C13H13NO2. The van der Waals surface area contributed by atoms with E-state index in [1.165, 1.54) is 12.8 Å². The van der Waals surface area contributed by atoms with Gasteiger partial charge in [-0.25, -0.2) is 0 Å². The first kappa shape index (κ1) is 10.7. The van der Waals surface area contributed by atoms with Crippen LogP contribution in [0, 0.1) is 17.2 Å². The number of hydrogen-bond acceptors (Lipinski definition) is 3. The summed E-state index contributed by atoms with van der Waals surface area (Å²) in [7, 11) is 0. The molecule has 1 fully saturated rings. The lowest BCUT2D eigenvalue weighted by atomic mass is 10.1. The zero-order valence-electron chi connectivity index (χ0n) is 8.98. The molecule has 0 N–H and O–H groups in total. The van der Waals surface area contributed by atoms with E-state index < -0.39 is 0 Å². The SMILES string of the molecule is N#CCC(=O)c1ccc(OCC2CC2)cc1. The third-order valence-corrected chi connectivity index (χ3v) is 2.60. The number of ether oxygens (including phenoxy) is 1. The van der Waals surface area contributed by atoms with Crippen LogP contribution in [0.1, 0.15) is 29.6 Å². The largest absolute Gasteiger partial charge is 0.493 e. The molecule has 0 aliphatic heterocycles. The molecule has 0 amide bonds. The summed E-state index contributed by atoms with van der Waals surface area (Å²) in [5.74, 6) is 1.37. The molecule has 0 radical (unpaired) electrons. The molecule has 0 bridgehead atoms. The average Bonchev–Trinajstić information content (AvgIpc) is 3.11. The van der Waals surface area contributed by atoms with E-state index >= 15 is 0 Å². The van der Waals surface area contributed by atoms with E-state index in [2.05, 4.69) is 0 Å². The smallest absolute Gasteiger partial charge is 0.176 e. The van der Waals surface area contributed by atoms with Crippen molar-refractivity contribution in [1.29, 1.82) is 5.26 Å². The van der Waals surface area contributed by atoms with Crippen LogP contribution in [-0.2, 0) is 0 Å². The van der Waals surface area contributed by atoms with Crippen molar-refractivity contribution in [2.45, 2.75) is 19.3 Å². The summed E-state index contributed by atoms with van der Waals surface area (Å²) in [6.07, 6.45) is 2.46. The Labute approximate surface area is 94.6 Å². The second-order valence-corrected chi connectivity index (χ2v) is 4.04. The number of Topliss-reactive ketones (excluding diaryl/α,β-unsaturated/α-hetero) is 1. The summed E-state index contributed by atoms with van der Waals surface area (Å²) in [4.78, 5) is 11.4. The van der Waals surface area contributed by atoms with E-state index in [1.807, 2.05) is 6.07 Å². The molecule has 16 heavy (non-hydrogen) atoms. The Balaban J connectivity index is 1.92. The van der Waals surface area contributed by atoms with Gasteiger partial charge in [0.15, 0.2) is 5.78 Å². The van der Waals surface area contributed by atoms with Gasteiger partial charge < -0.3 is 4.74 Å². The Hall–Kier alpha value is -1.82. The first-order chi connectivity index (χ1) is 7.79. The minimum atomic E-state index is -0.142. The fourth-order valence-electron chi connectivity index (χ4n) is 1.41. The van der Waals surface area contributed by atoms with Crippen molar-refractivity contribution in [3.63, 3.8) is 0 Å².